The fourth-order valence-corrected chi connectivity index (χ4v) is 12.3. The van der Waals surface area contributed by atoms with E-state index in [1.54, 1.807) is 0 Å². The van der Waals surface area contributed by atoms with Crippen molar-refractivity contribution in [3.05, 3.63) is 254 Å². The summed E-state index contributed by atoms with van der Waals surface area (Å²) < 4.78 is 9.08. The Morgan fingerprint density at radius 2 is 0.875 bits per heavy atom. The van der Waals surface area contributed by atoms with E-state index in [1.165, 1.54) is 87.5 Å². The van der Waals surface area contributed by atoms with Gasteiger partial charge in [-0.25, -0.2) is 0 Å². The van der Waals surface area contributed by atoms with Crippen LogP contribution in [0, 0.1) is 0 Å². The van der Waals surface area contributed by atoms with Gasteiger partial charge in [-0.2, -0.15) is 0 Å². The van der Waals surface area contributed by atoms with Crippen molar-refractivity contribution < 1.29 is 4.42 Å². The monoisotopic (exact) mass is 918 g/mol. The second kappa shape index (κ2) is 15.4. The van der Waals surface area contributed by atoms with Gasteiger partial charge in [0.1, 0.15) is 5.58 Å². The van der Waals surface area contributed by atoms with Crippen LogP contribution in [-0.2, 0) is 5.41 Å². The van der Waals surface area contributed by atoms with Crippen LogP contribution in [0.5, 0.6) is 0 Å². The van der Waals surface area contributed by atoms with Crippen LogP contribution in [0.4, 0.5) is 17.1 Å². The highest BCUT2D eigenvalue weighted by molar-refractivity contribution is 6.26. The first-order valence-corrected chi connectivity index (χ1v) is 25.0. The van der Waals surface area contributed by atoms with E-state index in [9.17, 15) is 0 Å². The van der Waals surface area contributed by atoms with Gasteiger partial charge in [-0.3, -0.25) is 0 Å². The predicted molar refractivity (Wildman–Crippen MR) is 304 cm³/mol. The highest BCUT2D eigenvalue weighted by Gasteiger charge is 2.35. The molecule has 0 bridgehead atoms. The lowest BCUT2D eigenvalue weighted by Gasteiger charge is -2.25. The largest absolute Gasteiger partial charge is 0.454 e. The van der Waals surface area contributed by atoms with Gasteiger partial charge < -0.3 is 13.9 Å². The molecule has 72 heavy (non-hydrogen) atoms. The molecular weight excluding hydrogens is 873 g/mol. The molecule has 0 spiro atoms. The van der Waals surface area contributed by atoms with E-state index in [1.807, 2.05) is 12.1 Å². The molecule has 0 atom stereocenters. The van der Waals surface area contributed by atoms with Crippen molar-refractivity contribution in [1.29, 1.82) is 0 Å². The van der Waals surface area contributed by atoms with Crippen LogP contribution in [0.25, 0.3) is 115 Å². The number of anilines is 3. The molecule has 14 aromatic rings. The predicted octanol–water partition coefficient (Wildman–Crippen LogP) is 19.3. The molecule has 0 radical (unpaired) electrons. The SMILES string of the molecule is CC1(C)c2ccccc2-c2ccc(-c3ccc4c(c3)c3cc(-c5ccc(N(c6ccccc6)c6cccc7c6oc6ccccc67)cc5)ccc3n4-c3ccc4c5ccccc5c5ccccc5c4c3)cc21. The summed E-state index contributed by atoms with van der Waals surface area (Å²) in [4.78, 5) is 2.31. The van der Waals surface area contributed by atoms with Gasteiger partial charge in [-0.05, 0) is 156 Å². The average molecular weight is 919 g/mol. The van der Waals surface area contributed by atoms with E-state index in [2.05, 4.69) is 254 Å². The van der Waals surface area contributed by atoms with Gasteiger partial charge in [0.15, 0.2) is 5.58 Å². The Labute approximate surface area is 417 Å². The first-order valence-electron chi connectivity index (χ1n) is 25.0. The average Bonchev–Trinajstić information content (AvgIpc) is 4.06. The molecule has 2 aromatic heterocycles. The van der Waals surface area contributed by atoms with Crippen molar-refractivity contribution in [2.45, 2.75) is 19.3 Å². The molecule has 0 aliphatic heterocycles. The summed E-state index contributed by atoms with van der Waals surface area (Å²) in [7, 11) is 0. The molecule has 0 saturated heterocycles. The summed E-state index contributed by atoms with van der Waals surface area (Å²) in [5.74, 6) is 0. The topological polar surface area (TPSA) is 21.3 Å². The summed E-state index contributed by atoms with van der Waals surface area (Å²) in [5.41, 5.74) is 18.5. The van der Waals surface area contributed by atoms with Crippen molar-refractivity contribution in [2.24, 2.45) is 0 Å². The molecule has 0 N–H and O–H groups in total. The standard InChI is InChI=1S/C69H46N2O/c1-69(2)62-24-12-10-21-55(62)56-35-29-46(41-63(56)69)45-31-38-65-61(40-45)60-39-44(30-37-64(60)71(65)49-34-36-54-52-19-7-6-17-50(52)51-18-8-9-20-53(51)59(54)42-49)43-27-32-48(33-28-43)70(47-15-4-3-5-16-47)66-25-14-23-58-57-22-11-13-26-67(57)72-68(58)66/h3-42H,1-2H3. The van der Waals surface area contributed by atoms with Crippen LogP contribution in [0.1, 0.15) is 25.0 Å². The normalized spacial score (nSPS) is 13.0. The summed E-state index contributed by atoms with van der Waals surface area (Å²) in [6, 6.07) is 89.2. The van der Waals surface area contributed by atoms with Crippen LogP contribution in [-0.4, -0.2) is 4.57 Å². The second-order valence-corrected chi connectivity index (χ2v) is 20.0. The van der Waals surface area contributed by atoms with E-state index in [0.29, 0.717) is 0 Å². The molecule has 12 aromatic carbocycles. The van der Waals surface area contributed by atoms with Gasteiger partial charge >= 0.3 is 0 Å². The molecular formula is C69H46N2O. The number of hydrogen-bond donors (Lipinski definition) is 0. The second-order valence-electron chi connectivity index (χ2n) is 20.0. The Kier molecular flexibility index (Phi) is 8.71. The summed E-state index contributed by atoms with van der Waals surface area (Å²) in [6.07, 6.45) is 0. The van der Waals surface area contributed by atoms with E-state index < -0.39 is 0 Å². The molecule has 15 rings (SSSR count). The zero-order chi connectivity index (χ0) is 47.7. The van der Waals surface area contributed by atoms with Crippen LogP contribution in [0.2, 0.25) is 0 Å². The first-order chi connectivity index (χ1) is 35.5. The third kappa shape index (κ3) is 5.98. The Morgan fingerprint density at radius 1 is 0.347 bits per heavy atom. The minimum absolute atomic E-state index is 0.0863. The third-order valence-corrected chi connectivity index (χ3v) is 15.8. The summed E-state index contributed by atoms with van der Waals surface area (Å²) in [6.45, 7) is 4.73. The van der Waals surface area contributed by atoms with Crippen LogP contribution in [0.15, 0.2) is 247 Å². The maximum Gasteiger partial charge on any atom is 0.159 e. The molecule has 3 heteroatoms. The molecule has 1 aliphatic rings. The minimum Gasteiger partial charge on any atom is -0.454 e. The van der Waals surface area contributed by atoms with Gasteiger partial charge in [-0.1, -0.05) is 178 Å². The Morgan fingerprint density at radius 3 is 1.60 bits per heavy atom. The van der Waals surface area contributed by atoms with Crippen molar-refractivity contribution in [3.8, 4) is 39.1 Å². The molecule has 338 valence electrons. The van der Waals surface area contributed by atoms with Crippen LogP contribution in [0.3, 0.4) is 0 Å². The molecule has 3 nitrogen and oxygen atoms in total. The molecule has 0 saturated carbocycles. The summed E-state index contributed by atoms with van der Waals surface area (Å²) >= 11 is 0. The maximum absolute atomic E-state index is 6.60. The van der Waals surface area contributed by atoms with Crippen molar-refractivity contribution in [2.75, 3.05) is 4.90 Å². The Hall–Kier alpha value is -9.18. The molecule has 0 fully saturated rings. The smallest absolute Gasteiger partial charge is 0.159 e. The molecule has 1 aliphatic carbocycles. The van der Waals surface area contributed by atoms with E-state index >= 15 is 0 Å². The number of nitrogens with zero attached hydrogens (tertiary/aromatic N) is 2. The number of hydrogen-bond acceptors (Lipinski definition) is 2. The zero-order valence-electron chi connectivity index (χ0n) is 39.9. The molecule has 0 amide bonds. The zero-order valence-corrected chi connectivity index (χ0v) is 39.9. The maximum atomic E-state index is 6.60. The molecule has 2 heterocycles. The third-order valence-electron chi connectivity index (χ3n) is 15.8. The van der Waals surface area contributed by atoms with Gasteiger partial charge in [-0.15, -0.1) is 0 Å². The Balaban J connectivity index is 0.901. The Bertz CT molecular complexity index is 4500. The lowest BCUT2D eigenvalue weighted by atomic mass is 9.81. The van der Waals surface area contributed by atoms with Gasteiger partial charge in [0.25, 0.3) is 0 Å². The quantitative estimate of drug-likeness (QED) is 0.155. The number of rotatable bonds is 6. The van der Waals surface area contributed by atoms with E-state index in [4.69, 9.17) is 4.42 Å². The summed E-state index contributed by atoms with van der Waals surface area (Å²) in [5, 5.41) is 12.3. The van der Waals surface area contributed by atoms with Crippen molar-refractivity contribution >= 4 is 93.1 Å². The number of para-hydroxylation sites is 3. The number of benzene rings is 12. The van der Waals surface area contributed by atoms with Crippen LogP contribution >= 0.6 is 0 Å². The van der Waals surface area contributed by atoms with Gasteiger partial charge in [0.05, 0.1) is 16.7 Å². The highest BCUT2D eigenvalue weighted by atomic mass is 16.3. The van der Waals surface area contributed by atoms with Crippen LogP contribution < -0.4 is 4.90 Å². The lowest BCUT2D eigenvalue weighted by molar-refractivity contribution is 0.660. The van der Waals surface area contributed by atoms with Gasteiger partial charge in [0, 0.05) is 44.0 Å². The number of fused-ring (bicyclic) bond motifs is 15. The van der Waals surface area contributed by atoms with E-state index in [0.717, 1.165) is 55.8 Å². The van der Waals surface area contributed by atoms with Crippen molar-refractivity contribution in [1.82, 2.24) is 4.57 Å². The fourth-order valence-electron chi connectivity index (χ4n) is 12.3. The number of furan rings is 1. The van der Waals surface area contributed by atoms with Gasteiger partial charge in [0.2, 0.25) is 0 Å². The highest BCUT2D eigenvalue weighted by Crippen LogP contribution is 2.50. The fraction of sp³-hybridized carbons (Fsp3) is 0.0435. The molecule has 0 unspecified atom stereocenters. The lowest BCUT2D eigenvalue weighted by Crippen LogP contribution is -2.14. The van der Waals surface area contributed by atoms with E-state index in [-0.39, 0.29) is 5.41 Å². The minimum atomic E-state index is -0.0863. The van der Waals surface area contributed by atoms with Crippen molar-refractivity contribution in [3.63, 3.8) is 0 Å². The number of aromatic nitrogens is 1. The first kappa shape index (κ1) is 40.7.